The van der Waals surface area contributed by atoms with Gasteiger partial charge in [0.05, 0.1) is 0 Å². The second-order valence-corrected chi connectivity index (χ2v) is 5.82. The molecular formula is C16H21N3O3. The Morgan fingerprint density at radius 3 is 2.41 bits per heavy atom. The van der Waals surface area contributed by atoms with Crippen molar-refractivity contribution in [3.63, 3.8) is 0 Å². The SMILES string of the molecule is CCC1(C)NC(=O)N(C(C)C(=O)Nc2ccc(C)cc2)C1=O. The average Bonchev–Trinajstić information content (AvgIpc) is 2.71. The normalized spacial score (nSPS) is 22.5. The molecule has 1 saturated heterocycles. The summed E-state index contributed by atoms with van der Waals surface area (Å²) in [6.07, 6.45) is 0.473. The van der Waals surface area contributed by atoms with Crippen LogP contribution in [-0.4, -0.2) is 34.3 Å². The lowest BCUT2D eigenvalue weighted by molar-refractivity contribution is -0.136. The quantitative estimate of drug-likeness (QED) is 0.836. The van der Waals surface area contributed by atoms with E-state index in [2.05, 4.69) is 10.6 Å². The van der Waals surface area contributed by atoms with Crippen LogP contribution in [0.4, 0.5) is 10.5 Å². The molecule has 0 aromatic heterocycles. The van der Waals surface area contributed by atoms with Crippen LogP contribution >= 0.6 is 0 Å². The van der Waals surface area contributed by atoms with Crippen molar-refractivity contribution in [3.05, 3.63) is 29.8 Å². The van der Waals surface area contributed by atoms with Gasteiger partial charge in [-0.1, -0.05) is 24.6 Å². The Hall–Kier alpha value is -2.37. The summed E-state index contributed by atoms with van der Waals surface area (Å²) in [7, 11) is 0. The summed E-state index contributed by atoms with van der Waals surface area (Å²) >= 11 is 0. The van der Waals surface area contributed by atoms with E-state index in [4.69, 9.17) is 0 Å². The van der Waals surface area contributed by atoms with E-state index < -0.39 is 23.5 Å². The van der Waals surface area contributed by atoms with Crippen LogP contribution in [0.5, 0.6) is 0 Å². The molecule has 4 amide bonds. The third kappa shape index (κ3) is 2.81. The fourth-order valence-corrected chi connectivity index (χ4v) is 2.30. The van der Waals surface area contributed by atoms with Gasteiger partial charge in [-0.05, 0) is 39.3 Å². The Morgan fingerprint density at radius 1 is 1.32 bits per heavy atom. The van der Waals surface area contributed by atoms with Gasteiger partial charge < -0.3 is 10.6 Å². The van der Waals surface area contributed by atoms with Gasteiger partial charge in [0, 0.05) is 5.69 Å². The number of rotatable bonds is 4. The molecule has 0 radical (unpaired) electrons. The second-order valence-electron chi connectivity index (χ2n) is 5.82. The lowest BCUT2D eigenvalue weighted by atomic mass is 9.99. The molecule has 0 aliphatic carbocycles. The van der Waals surface area contributed by atoms with Crippen molar-refractivity contribution in [2.75, 3.05) is 5.32 Å². The molecule has 2 rings (SSSR count). The number of carbonyl (C=O) groups excluding carboxylic acids is 3. The Morgan fingerprint density at radius 2 is 1.91 bits per heavy atom. The van der Waals surface area contributed by atoms with Crippen LogP contribution in [0.1, 0.15) is 32.8 Å². The number of benzene rings is 1. The maximum atomic E-state index is 12.4. The van der Waals surface area contributed by atoms with Crippen molar-refractivity contribution in [2.45, 2.75) is 45.7 Å². The number of imide groups is 1. The number of aryl methyl sites for hydroxylation is 1. The molecule has 1 aromatic carbocycles. The summed E-state index contributed by atoms with van der Waals surface area (Å²) in [5, 5.41) is 5.36. The first-order valence-electron chi connectivity index (χ1n) is 7.32. The lowest BCUT2D eigenvalue weighted by Gasteiger charge is -2.23. The topological polar surface area (TPSA) is 78.5 Å². The van der Waals surface area contributed by atoms with E-state index in [0.717, 1.165) is 10.5 Å². The molecule has 1 heterocycles. The van der Waals surface area contributed by atoms with Crippen molar-refractivity contribution >= 4 is 23.5 Å². The molecule has 1 aliphatic rings. The van der Waals surface area contributed by atoms with Crippen LogP contribution in [0.25, 0.3) is 0 Å². The molecule has 2 atom stereocenters. The number of nitrogens with one attached hydrogen (secondary N) is 2. The number of nitrogens with zero attached hydrogens (tertiary/aromatic N) is 1. The number of hydrogen-bond donors (Lipinski definition) is 2. The third-order valence-corrected chi connectivity index (χ3v) is 4.09. The molecule has 1 aliphatic heterocycles. The largest absolute Gasteiger partial charge is 0.325 e. The molecule has 0 bridgehead atoms. The highest BCUT2D eigenvalue weighted by molar-refractivity contribution is 6.10. The predicted molar refractivity (Wildman–Crippen MR) is 83.3 cm³/mol. The first-order valence-corrected chi connectivity index (χ1v) is 7.32. The van der Waals surface area contributed by atoms with Crippen molar-refractivity contribution in [3.8, 4) is 0 Å². The van der Waals surface area contributed by atoms with Gasteiger partial charge in [-0.15, -0.1) is 0 Å². The minimum Gasteiger partial charge on any atom is -0.324 e. The Bertz CT molecular complexity index is 612. The minimum absolute atomic E-state index is 0.369. The Kier molecular flexibility index (Phi) is 4.21. The van der Waals surface area contributed by atoms with E-state index >= 15 is 0 Å². The van der Waals surface area contributed by atoms with Gasteiger partial charge in [0.25, 0.3) is 5.91 Å². The summed E-state index contributed by atoms with van der Waals surface area (Å²) in [4.78, 5) is 37.7. The van der Waals surface area contributed by atoms with Gasteiger partial charge in [-0.2, -0.15) is 0 Å². The number of anilines is 1. The highest BCUT2D eigenvalue weighted by Crippen LogP contribution is 2.23. The molecule has 6 heteroatoms. The molecule has 2 unspecified atom stereocenters. The van der Waals surface area contributed by atoms with Crippen molar-refractivity contribution in [1.29, 1.82) is 0 Å². The summed E-state index contributed by atoms with van der Waals surface area (Å²) in [6, 6.07) is 5.91. The fraction of sp³-hybridized carbons (Fsp3) is 0.438. The smallest absolute Gasteiger partial charge is 0.324 e. The average molecular weight is 303 g/mol. The fourth-order valence-electron chi connectivity index (χ4n) is 2.30. The van der Waals surface area contributed by atoms with Gasteiger partial charge in [-0.3, -0.25) is 9.59 Å². The predicted octanol–water partition coefficient (Wildman–Crippen LogP) is 2.04. The van der Waals surface area contributed by atoms with Crippen LogP contribution in [0.15, 0.2) is 24.3 Å². The number of urea groups is 1. The molecule has 1 fully saturated rings. The zero-order valence-electron chi connectivity index (χ0n) is 13.3. The summed E-state index contributed by atoms with van der Waals surface area (Å²) in [6.45, 7) is 6.98. The van der Waals surface area contributed by atoms with Crippen molar-refractivity contribution < 1.29 is 14.4 Å². The standard InChI is InChI=1S/C16H21N3O3/c1-5-16(4)14(21)19(15(22)18-16)11(3)13(20)17-12-8-6-10(2)7-9-12/h6-9,11H,5H2,1-4H3,(H,17,20)(H,18,22). The Labute approximate surface area is 129 Å². The number of amides is 4. The van der Waals surface area contributed by atoms with Crippen LogP contribution in [0, 0.1) is 6.92 Å². The van der Waals surface area contributed by atoms with E-state index in [1.54, 1.807) is 26.0 Å². The van der Waals surface area contributed by atoms with Crippen LogP contribution in [-0.2, 0) is 9.59 Å². The van der Waals surface area contributed by atoms with Crippen LogP contribution in [0.2, 0.25) is 0 Å². The molecule has 0 saturated carbocycles. The molecule has 22 heavy (non-hydrogen) atoms. The van der Waals surface area contributed by atoms with E-state index in [1.165, 1.54) is 0 Å². The second kappa shape index (κ2) is 5.79. The summed E-state index contributed by atoms with van der Waals surface area (Å²) < 4.78 is 0. The molecule has 0 spiro atoms. The third-order valence-electron chi connectivity index (χ3n) is 4.09. The van der Waals surface area contributed by atoms with E-state index in [0.29, 0.717) is 12.1 Å². The molecule has 6 nitrogen and oxygen atoms in total. The van der Waals surface area contributed by atoms with Gasteiger partial charge in [0.1, 0.15) is 11.6 Å². The molecule has 2 N–H and O–H groups in total. The number of hydrogen-bond acceptors (Lipinski definition) is 3. The monoisotopic (exact) mass is 303 g/mol. The van der Waals surface area contributed by atoms with Crippen LogP contribution in [0.3, 0.4) is 0 Å². The maximum absolute atomic E-state index is 12.4. The minimum atomic E-state index is -0.935. The van der Waals surface area contributed by atoms with Gasteiger partial charge in [0.15, 0.2) is 0 Å². The lowest BCUT2D eigenvalue weighted by Crippen LogP contribution is -2.47. The Balaban J connectivity index is 2.12. The first kappa shape index (κ1) is 16.0. The zero-order valence-corrected chi connectivity index (χ0v) is 13.3. The summed E-state index contributed by atoms with van der Waals surface area (Å²) in [5.41, 5.74) is 0.779. The molecule has 1 aromatic rings. The first-order chi connectivity index (χ1) is 10.3. The van der Waals surface area contributed by atoms with E-state index in [9.17, 15) is 14.4 Å². The van der Waals surface area contributed by atoms with Crippen molar-refractivity contribution in [1.82, 2.24) is 10.2 Å². The highest BCUT2D eigenvalue weighted by atomic mass is 16.2. The molecule has 118 valence electrons. The number of carbonyl (C=O) groups is 3. The van der Waals surface area contributed by atoms with Crippen LogP contribution < -0.4 is 10.6 Å². The van der Waals surface area contributed by atoms with Gasteiger partial charge in [-0.25, -0.2) is 9.69 Å². The van der Waals surface area contributed by atoms with E-state index in [-0.39, 0.29) is 5.91 Å². The molecular weight excluding hydrogens is 282 g/mol. The maximum Gasteiger partial charge on any atom is 0.325 e. The van der Waals surface area contributed by atoms with E-state index in [1.807, 2.05) is 26.0 Å². The van der Waals surface area contributed by atoms with Crippen molar-refractivity contribution in [2.24, 2.45) is 0 Å². The highest BCUT2D eigenvalue weighted by Gasteiger charge is 2.49. The van der Waals surface area contributed by atoms with Gasteiger partial charge >= 0.3 is 6.03 Å². The zero-order chi connectivity index (χ0) is 16.5. The van der Waals surface area contributed by atoms with Gasteiger partial charge in [0.2, 0.25) is 5.91 Å². The summed E-state index contributed by atoms with van der Waals surface area (Å²) in [5.74, 6) is -0.765.